The second-order valence-electron chi connectivity index (χ2n) is 4.11. The van der Waals surface area contributed by atoms with Crippen LogP contribution in [0.2, 0.25) is 5.15 Å². The molecule has 15 heavy (non-hydrogen) atoms. The van der Waals surface area contributed by atoms with E-state index in [0.29, 0.717) is 11.2 Å². The Hall–Kier alpha value is -0.230. The predicted octanol–water partition coefficient (Wildman–Crippen LogP) is 2.65. The molecule has 0 amide bonds. The Bertz CT molecular complexity index is 435. The van der Waals surface area contributed by atoms with Gasteiger partial charge < -0.3 is 10.2 Å². The van der Waals surface area contributed by atoms with E-state index in [4.69, 9.17) is 11.6 Å². The minimum Gasteiger partial charge on any atom is -0.366 e. The quantitative estimate of drug-likeness (QED) is 0.583. The fraction of sp³-hybridized carbons (Fsp3) is 0.500. The minimum absolute atomic E-state index is 0.555. The van der Waals surface area contributed by atoms with Crippen molar-refractivity contribution < 1.29 is 0 Å². The summed E-state index contributed by atoms with van der Waals surface area (Å²) in [6, 6.07) is 0.555. The lowest BCUT2D eigenvalue weighted by molar-refractivity contribution is 0.786. The highest BCUT2D eigenvalue weighted by Gasteiger charge is 2.33. The van der Waals surface area contributed by atoms with Gasteiger partial charge >= 0.3 is 0 Å². The number of aromatic nitrogens is 1. The van der Waals surface area contributed by atoms with Gasteiger partial charge in [-0.15, -0.1) is 0 Å². The average molecular weight is 336 g/mol. The maximum absolute atomic E-state index is 6.09. The van der Waals surface area contributed by atoms with Crippen LogP contribution in [-0.2, 0) is 0 Å². The number of nitrogens with zero attached hydrogens (tertiary/aromatic N) is 2. The van der Waals surface area contributed by atoms with Crippen LogP contribution in [0.25, 0.3) is 0 Å². The van der Waals surface area contributed by atoms with Gasteiger partial charge in [-0.25, -0.2) is 4.98 Å². The van der Waals surface area contributed by atoms with Crippen LogP contribution in [0.15, 0.2) is 0 Å². The molecule has 3 heterocycles. The van der Waals surface area contributed by atoms with Crippen LogP contribution in [0, 0.1) is 10.5 Å². The van der Waals surface area contributed by atoms with E-state index < -0.39 is 0 Å². The van der Waals surface area contributed by atoms with Gasteiger partial charge in [-0.3, -0.25) is 0 Å². The van der Waals surface area contributed by atoms with Gasteiger partial charge in [0.05, 0.1) is 5.69 Å². The van der Waals surface area contributed by atoms with E-state index in [9.17, 15) is 0 Å². The Labute approximate surface area is 107 Å². The van der Waals surface area contributed by atoms with E-state index in [1.54, 1.807) is 0 Å². The van der Waals surface area contributed by atoms with Crippen molar-refractivity contribution in [2.24, 2.45) is 0 Å². The Balaban J connectivity index is 2.22. The minimum atomic E-state index is 0.555. The molecule has 0 saturated carbocycles. The van der Waals surface area contributed by atoms with Crippen molar-refractivity contribution >= 4 is 45.7 Å². The van der Waals surface area contributed by atoms with Gasteiger partial charge in [0.2, 0.25) is 0 Å². The van der Waals surface area contributed by atoms with E-state index in [-0.39, 0.29) is 0 Å². The Kier molecular flexibility index (Phi) is 2.24. The predicted molar refractivity (Wildman–Crippen MR) is 70.9 cm³/mol. The lowest BCUT2D eigenvalue weighted by Gasteiger charge is -2.29. The van der Waals surface area contributed by atoms with E-state index in [0.717, 1.165) is 24.5 Å². The fourth-order valence-corrected chi connectivity index (χ4v) is 3.46. The van der Waals surface area contributed by atoms with Crippen molar-refractivity contribution in [2.75, 3.05) is 23.3 Å². The van der Waals surface area contributed by atoms with Gasteiger partial charge in [0.15, 0.2) is 5.82 Å². The number of rotatable bonds is 0. The molecule has 1 saturated heterocycles. The zero-order valence-corrected chi connectivity index (χ0v) is 11.3. The topological polar surface area (TPSA) is 28.2 Å². The summed E-state index contributed by atoms with van der Waals surface area (Å²) in [5, 5.41) is 4.07. The van der Waals surface area contributed by atoms with Crippen LogP contribution in [-0.4, -0.2) is 24.1 Å². The molecule has 0 radical (unpaired) electrons. The zero-order valence-electron chi connectivity index (χ0n) is 8.35. The summed E-state index contributed by atoms with van der Waals surface area (Å²) in [5.41, 5.74) is 2.33. The maximum Gasteiger partial charge on any atom is 0.152 e. The highest BCUT2D eigenvalue weighted by atomic mass is 127. The molecule has 1 fully saturated rings. The molecule has 5 heteroatoms. The first kappa shape index (κ1) is 9.96. The van der Waals surface area contributed by atoms with Gasteiger partial charge in [-0.2, -0.15) is 0 Å². The first-order chi connectivity index (χ1) is 7.16. The van der Waals surface area contributed by atoms with Crippen molar-refractivity contribution in [3.05, 3.63) is 14.3 Å². The van der Waals surface area contributed by atoms with Gasteiger partial charge in [0.1, 0.15) is 5.15 Å². The number of hydrogen-bond donors (Lipinski definition) is 1. The fourth-order valence-electron chi connectivity index (χ4n) is 2.27. The molecular formula is C10H11ClIN3. The van der Waals surface area contributed by atoms with Crippen molar-refractivity contribution in [3.8, 4) is 0 Å². The number of fused-ring (bicyclic) bond motifs is 4. The average Bonchev–Trinajstić information content (AvgIpc) is 2.57. The second kappa shape index (κ2) is 3.38. The number of halogens is 2. The Morgan fingerprint density at radius 3 is 3.20 bits per heavy atom. The van der Waals surface area contributed by atoms with Gasteiger partial charge in [-0.1, -0.05) is 11.6 Å². The largest absolute Gasteiger partial charge is 0.366 e. The third kappa shape index (κ3) is 1.41. The summed E-state index contributed by atoms with van der Waals surface area (Å²) in [4.78, 5) is 6.83. The normalized spacial score (nSPS) is 22.6. The highest BCUT2D eigenvalue weighted by Crippen LogP contribution is 2.40. The standard InChI is InChI=1S/C10H11ClIN3/c1-5-7(12)8-10(14-9(5)11)13-6-2-3-15(8)4-6/h6H,2-4H2,1H3,(H,13,14). The van der Waals surface area contributed by atoms with Crippen molar-refractivity contribution in [1.82, 2.24) is 4.98 Å². The van der Waals surface area contributed by atoms with Gasteiger partial charge in [-0.05, 0) is 35.9 Å². The molecule has 1 atom stereocenters. The molecule has 0 aliphatic carbocycles. The number of nitrogens with one attached hydrogen (secondary N) is 1. The summed E-state index contributed by atoms with van der Waals surface area (Å²) in [7, 11) is 0. The van der Waals surface area contributed by atoms with Gasteiger partial charge in [0.25, 0.3) is 0 Å². The number of hydrogen-bond acceptors (Lipinski definition) is 3. The highest BCUT2D eigenvalue weighted by molar-refractivity contribution is 14.1. The molecular weight excluding hydrogens is 324 g/mol. The summed E-state index contributed by atoms with van der Waals surface area (Å²) in [6.45, 7) is 4.26. The van der Waals surface area contributed by atoms with Gasteiger partial charge in [0, 0.05) is 28.3 Å². The third-order valence-corrected chi connectivity index (χ3v) is 4.81. The molecule has 2 aliphatic heterocycles. The second-order valence-corrected chi connectivity index (χ2v) is 5.55. The maximum atomic E-state index is 6.09. The van der Waals surface area contributed by atoms with E-state index in [1.807, 2.05) is 6.92 Å². The van der Waals surface area contributed by atoms with Crippen LogP contribution in [0.4, 0.5) is 11.5 Å². The molecule has 1 unspecified atom stereocenters. The summed E-state index contributed by atoms with van der Waals surface area (Å²) < 4.78 is 1.23. The van der Waals surface area contributed by atoms with Crippen LogP contribution in [0.3, 0.4) is 0 Å². The third-order valence-electron chi connectivity index (χ3n) is 3.13. The van der Waals surface area contributed by atoms with Crippen molar-refractivity contribution in [3.63, 3.8) is 0 Å². The lowest BCUT2D eigenvalue weighted by atomic mass is 10.2. The SMILES string of the molecule is Cc1c(Cl)nc2c(c1I)N1CCC(C1)N2. The molecule has 0 spiro atoms. The molecule has 2 bridgehead atoms. The molecule has 3 nitrogen and oxygen atoms in total. The zero-order chi connectivity index (χ0) is 10.6. The lowest BCUT2D eigenvalue weighted by Crippen LogP contribution is -2.33. The monoisotopic (exact) mass is 335 g/mol. The van der Waals surface area contributed by atoms with Crippen molar-refractivity contribution in [2.45, 2.75) is 19.4 Å². The molecule has 1 N–H and O–H groups in total. The molecule has 1 aromatic rings. The van der Waals surface area contributed by atoms with E-state index >= 15 is 0 Å². The van der Waals surface area contributed by atoms with Crippen molar-refractivity contribution in [1.29, 1.82) is 0 Å². The molecule has 1 aromatic heterocycles. The van der Waals surface area contributed by atoms with Crippen LogP contribution in [0.5, 0.6) is 0 Å². The van der Waals surface area contributed by atoms with E-state index in [2.05, 4.69) is 37.8 Å². The first-order valence-electron chi connectivity index (χ1n) is 5.04. The Morgan fingerprint density at radius 2 is 2.40 bits per heavy atom. The van der Waals surface area contributed by atoms with Crippen LogP contribution >= 0.6 is 34.2 Å². The summed E-state index contributed by atoms with van der Waals surface area (Å²) in [5.74, 6) is 0.962. The Morgan fingerprint density at radius 1 is 1.60 bits per heavy atom. The smallest absolute Gasteiger partial charge is 0.152 e. The molecule has 0 aromatic carbocycles. The molecule has 2 aliphatic rings. The molecule has 80 valence electrons. The number of pyridine rings is 1. The number of anilines is 2. The van der Waals surface area contributed by atoms with Crippen LogP contribution < -0.4 is 10.2 Å². The first-order valence-corrected chi connectivity index (χ1v) is 6.49. The summed E-state index contributed by atoms with van der Waals surface area (Å²) in [6.07, 6.45) is 1.20. The molecule has 3 rings (SSSR count). The van der Waals surface area contributed by atoms with Crippen LogP contribution in [0.1, 0.15) is 12.0 Å². The summed E-state index contributed by atoms with van der Waals surface area (Å²) >= 11 is 8.46. The van der Waals surface area contributed by atoms with E-state index in [1.165, 1.54) is 15.7 Å².